The SMILES string of the molecule is Cn1cnc2c3c(Cl)nc(Cl)nc3cc(Br)c21. The molecule has 2 aromatic heterocycles. The van der Waals surface area contributed by atoms with Gasteiger partial charge in [-0.05, 0) is 33.6 Å². The number of nitrogens with zero attached hydrogens (tertiary/aromatic N) is 4. The van der Waals surface area contributed by atoms with E-state index in [1.807, 2.05) is 17.7 Å². The molecule has 0 saturated carbocycles. The molecular formula is C10H5BrCl2N4. The van der Waals surface area contributed by atoms with Crippen molar-refractivity contribution >= 4 is 61.1 Å². The summed E-state index contributed by atoms with van der Waals surface area (Å²) >= 11 is 15.4. The summed E-state index contributed by atoms with van der Waals surface area (Å²) in [5, 5.41) is 1.16. The Kier molecular flexibility index (Phi) is 2.50. The molecule has 0 amide bonds. The van der Waals surface area contributed by atoms with Gasteiger partial charge in [-0.1, -0.05) is 11.6 Å². The van der Waals surface area contributed by atoms with Crippen LogP contribution in [0.15, 0.2) is 16.9 Å². The standard InChI is InChI=1S/C10H5BrCl2N4/c1-17-3-14-7-6-5(2-4(11)8(7)17)15-10(13)16-9(6)12/h2-3H,1H3. The molecule has 7 heteroatoms. The summed E-state index contributed by atoms with van der Waals surface area (Å²) in [5.41, 5.74) is 2.39. The molecule has 0 bridgehead atoms. The van der Waals surface area contributed by atoms with Crippen molar-refractivity contribution in [3.05, 3.63) is 27.3 Å². The Labute approximate surface area is 115 Å². The van der Waals surface area contributed by atoms with Crippen LogP contribution in [0.4, 0.5) is 0 Å². The largest absolute Gasteiger partial charge is 0.333 e. The number of fused-ring (bicyclic) bond motifs is 3. The van der Waals surface area contributed by atoms with E-state index >= 15 is 0 Å². The zero-order chi connectivity index (χ0) is 12.2. The van der Waals surface area contributed by atoms with E-state index in [0.717, 1.165) is 20.9 Å². The highest BCUT2D eigenvalue weighted by molar-refractivity contribution is 9.10. The maximum Gasteiger partial charge on any atom is 0.224 e. The summed E-state index contributed by atoms with van der Waals surface area (Å²) in [4.78, 5) is 12.4. The van der Waals surface area contributed by atoms with Crippen LogP contribution in [-0.4, -0.2) is 19.5 Å². The molecule has 4 nitrogen and oxygen atoms in total. The molecule has 86 valence electrons. The average Bonchev–Trinajstić information content (AvgIpc) is 2.59. The molecule has 0 aliphatic carbocycles. The molecule has 0 aliphatic heterocycles. The Bertz CT molecular complexity index is 753. The van der Waals surface area contributed by atoms with Gasteiger partial charge in [0.05, 0.1) is 22.7 Å². The van der Waals surface area contributed by atoms with Crippen LogP contribution in [0.1, 0.15) is 0 Å². The minimum atomic E-state index is 0.129. The van der Waals surface area contributed by atoms with Crippen molar-refractivity contribution in [2.45, 2.75) is 0 Å². The van der Waals surface area contributed by atoms with Gasteiger partial charge in [0.2, 0.25) is 5.28 Å². The zero-order valence-corrected chi connectivity index (χ0v) is 11.7. The van der Waals surface area contributed by atoms with Gasteiger partial charge in [-0.25, -0.2) is 15.0 Å². The Hall–Kier alpha value is -0.910. The summed E-state index contributed by atoms with van der Waals surface area (Å²) in [7, 11) is 1.91. The first-order valence-corrected chi connectivity index (χ1v) is 6.25. The topological polar surface area (TPSA) is 43.6 Å². The minimum absolute atomic E-state index is 0.129. The van der Waals surface area contributed by atoms with Gasteiger partial charge in [0.1, 0.15) is 10.7 Å². The number of halogens is 3. The molecule has 0 aliphatic rings. The van der Waals surface area contributed by atoms with Gasteiger partial charge >= 0.3 is 0 Å². The highest BCUT2D eigenvalue weighted by Crippen LogP contribution is 2.33. The van der Waals surface area contributed by atoms with Crippen LogP contribution >= 0.6 is 39.1 Å². The van der Waals surface area contributed by atoms with Crippen LogP contribution in [0, 0.1) is 0 Å². The number of aromatic nitrogens is 4. The number of benzene rings is 1. The van der Waals surface area contributed by atoms with Crippen LogP contribution in [-0.2, 0) is 7.05 Å². The third kappa shape index (κ3) is 1.61. The van der Waals surface area contributed by atoms with E-state index in [0.29, 0.717) is 10.7 Å². The van der Waals surface area contributed by atoms with E-state index in [4.69, 9.17) is 23.2 Å². The number of rotatable bonds is 0. The zero-order valence-electron chi connectivity index (χ0n) is 8.58. The fraction of sp³-hybridized carbons (Fsp3) is 0.100. The number of hydrogen-bond donors (Lipinski definition) is 0. The van der Waals surface area contributed by atoms with Crippen molar-refractivity contribution in [2.75, 3.05) is 0 Å². The molecule has 0 N–H and O–H groups in total. The van der Waals surface area contributed by atoms with E-state index in [1.54, 1.807) is 6.33 Å². The van der Waals surface area contributed by atoms with Crippen LogP contribution in [0.5, 0.6) is 0 Å². The first-order chi connectivity index (χ1) is 8.08. The quantitative estimate of drug-likeness (QED) is 0.467. The lowest BCUT2D eigenvalue weighted by Crippen LogP contribution is -1.90. The number of imidazole rings is 1. The molecule has 0 saturated heterocycles. The minimum Gasteiger partial charge on any atom is -0.333 e. The van der Waals surface area contributed by atoms with Gasteiger partial charge in [-0.3, -0.25) is 0 Å². The molecule has 0 atom stereocenters. The summed E-state index contributed by atoms with van der Waals surface area (Å²) in [5.74, 6) is 0. The van der Waals surface area contributed by atoms with Crippen LogP contribution in [0.25, 0.3) is 21.9 Å². The average molecular weight is 332 g/mol. The Balaban J connectivity index is 2.64. The summed E-state index contributed by atoms with van der Waals surface area (Å²) in [6.07, 6.45) is 1.72. The van der Waals surface area contributed by atoms with Gasteiger partial charge in [0.15, 0.2) is 0 Å². The maximum atomic E-state index is 6.10. The highest BCUT2D eigenvalue weighted by atomic mass is 79.9. The molecule has 1 aromatic carbocycles. The number of aryl methyl sites for hydroxylation is 1. The van der Waals surface area contributed by atoms with E-state index in [2.05, 4.69) is 30.9 Å². The first-order valence-electron chi connectivity index (χ1n) is 4.70. The second-order valence-electron chi connectivity index (χ2n) is 3.59. The highest BCUT2D eigenvalue weighted by Gasteiger charge is 2.14. The van der Waals surface area contributed by atoms with E-state index in [9.17, 15) is 0 Å². The normalized spacial score (nSPS) is 11.5. The summed E-state index contributed by atoms with van der Waals surface area (Å²) in [6.45, 7) is 0. The molecule has 0 radical (unpaired) electrons. The predicted molar refractivity (Wildman–Crippen MR) is 71.5 cm³/mol. The molecule has 0 spiro atoms. The lowest BCUT2D eigenvalue weighted by molar-refractivity contribution is 0.946. The lowest BCUT2D eigenvalue weighted by atomic mass is 10.2. The van der Waals surface area contributed by atoms with Crippen LogP contribution in [0.2, 0.25) is 10.4 Å². The first kappa shape index (κ1) is 11.2. The van der Waals surface area contributed by atoms with Crippen LogP contribution in [0.3, 0.4) is 0 Å². The Morgan fingerprint density at radius 3 is 2.82 bits per heavy atom. The smallest absolute Gasteiger partial charge is 0.224 e. The van der Waals surface area contributed by atoms with Crippen molar-refractivity contribution < 1.29 is 0 Å². The van der Waals surface area contributed by atoms with Crippen molar-refractivity contribution in [1.82, 2.24) is 19.5 Å². The van der Waals surface area contributed by atoms with Gasteiger partial charge < -0.3 is 4.57 Å². The van der Waals surface area contributed by atoms with E-state index < -0.39 is 0 Å². The van der Waals surface area contributed by atoms with Gasteiger partial charge in [-0.2, -0.15) is 0 Å². The Morgan fingerprint density at radius 2 is 2.06 bits per heavy atom. The molecule has 3 aromatic rings. The second-order valence-corrected chi connectivity index (χ2v) is 5.14. The molecule has 3 rings (SSSR count). The van der Waals surface area contributed by atoms with Gasteiger partial charge in [-0.15, -0.1) is 0 Å². The van der Waals surface area contributed by atoms with Crippen molar-refractivity contribution in [3.8, 4) is 0 Å². The third-order valence-electron chi connectivity index (χ3n) is 2.53. The summed E-state index contributed by atoms with van der Waals surface area (Å²) in [6, 6.07) is 1.86. The maximum absolute atomic E-state index is 6.10. The van der Waals surface area contributed by atoms with Crippen LogP contribution < -0.4 is 0 Å². The number of hydrogen-bond acceptors (Lipinski definition) is 3. The van der Waals surface area contributed by atoms with Gasteiger partial charge in [0, 0.05) is 11.5 Å². The van der Waals surface area contributed by atoms with Gasteiger partial charge in [0.25, 0.3) is 0 Å². The van der Waals surface area contributed by atoms with E-state index in [1.165, 1.54) is 0 Å². The fourth-order valence-corrected chi connectivity index (χ4v) is 3.00. The van der Waals surface area contributed by atoms with Crippen molar-refractivity contribution in [2.24, 2.45) is 7.05 Å². The molecule has 17 heavy (non-hydrogen) atoms. The molecule has 2 heterocycles. The fourth-order valence-electron chi connectivity index (χ4n) is 1.83. The van der Waals surface area contributed by atoms with Crippen molar-refractivity contribution in [3.63, 3.8) is 0 Å². The lowest BCUT2D eigenvalue weighted by Gasteiger charge is -2.04. The Morgan fingerprint density at radius 1 is 1.29 bits per heavy atom. The van der Waals surface area contributed by atoms with E-state index in [-0.39, 0.29) is 5.28 Å². The molecular weight excluding hydrogens is 327 g/mol. The second kappa shape index (κ2) is 3.80. The van der Waals surface area contributed by atoms with Crippen molar-refractivity contribution in [1.29, 1.82) is 0 Å². The third-order valence-corrected chi connectivity index (χ3v) is 3.58. The predicted octanol–water partition coefficient (Wildman–Crippen LogP) is 3.59. The molecule has 0 unspecified atom stereocenters. The monoisotopic (exact) mass is 330 g/mol. The summed E-state index contributed by atoms with van der Waals surface area (Å²) < 4.78 is 2.80. The molecule has 0 fully saturated rings.